The molecule has 0 fully saturated rings. The molecule has 0 saturated carbocycles. The molecule has 0 spiro atoms. The lowest BCUT2D eigenvalue weighted by atomic mass is 9.92. The van der Waals surface area contributed by atoms with Gasteiger partial charge in [-0.2, -0.15) is 5.26 Å². The molecule has 1 aromatic rings. The Kier molecular flexibility index (Phi) is 3.41. The van der Waals surface area contributed by atoms with Crippen LogP contribution < -0.4 is 5.73 Å². The Morgan fingerprint density at radius 2 is 2.32 bits per heavy atom. The summed E-state index contributed by atoms with van der Waals surface area (Å²) >= 11 is 0. The van der Waals surface area contributed by atoms with Crippen LogP contribution in [0.2, 0.25) is 0 Å². The Balaban J connectivity index is 2.38. The van der Waals surface area contributed by atoms with E-state index in [-0.39, 0.29) is 0 Å². The van der Waals surface area contributed by atoms with Crippen molar-refractivity contribution >= 4 is 11.3 Å². The van der Waals surface area contributed by atoms with Gasteiger partial charge in [-0.1, -0.05) is 6.07 Å². The number of nitrogens with two attached hydrogens (primary N) is 1. The first-order valence-electron chi connectivity index (χ1n) is 6.16. The average Bonchev–Trinajstić information content (AvgIpc) is 2.72. The highest BCUT2D eigenvalue weighted by molar-refractivity contribution is 6.25. The largest absolute Gasteiger partial charge is 0.404 e. The van der Waals surface area contributed by atoms with Gasteiger partial charge in [0.2, 0.25) is 0 Å². The highest BCUT2D eigenvalue weighted by atomic mass is 16.3. The van der Waals surface area contributed by atoms with Crippen molar-refractivity contribution in [1.29, 1.82) is 5.26 Å². The fourth-order valence-corrected chi connectivity index (χ4v) is 2.30. The van der Waals surface area contributed by atoms with Crippen LogP contribution in [0.4, 0.5) is 0 Å². The van der Waals surface area contributed by atoms with Gasteiger partial charge >= 0.3 is 0 Å². The lowest BCUT2D eigenvalue weighted by Gasteiger charge is -2.15. The molecule has 98 valence electrons. The predicted octanol–water partition coefficient (Wildman–Crippen LogP) is 1.76. The Morgan fingerprint density at radius 3 is 2.79 bits per heavy atom. The third-order valence-corrected chi connectivity index (χ3v) is 3.28. The van der Waals surface area contributed by atoms with Crippen LogP contribution in [0, 0.1) is 18.3 Å². The Morgan fingerprint density at radius 1 is 1.58 bits per heavy atom. The van der Waals surface area contributed by atoms with E-state index >= 15 is 0 Å². The van der Waals surface area contributed by atoms with Crippen LogP contribution in [0.5, 0.6) is 0 Å². The maximum Gasteiger partial charge on any atom is 0.0991 e. The summed E-state index contributed by atoms with van der Waals surface area (Å²) in [5, 5.41) is 18.9. The Labute approximate surface area is 112 Å². The molecule has 0 bridgehead atoms. The number of nitrogens with zero attached hydrogens (tertiary/aromatic N) is 2. The number of benzene rings is 1. The summed E-state index contributed by atoms with van der Waals surface area (Å²) in [5.74, 6) is 0. The predicted molar refractivity (Wildman–Crippen MR) is 75.6 cm³/mol. The molecule has 4 heteroatoms. The van der Waals surface area contributed by atoms with Gasteiger partial charge in [-0.15, -0.1) is 0 Å². The minimum Gasteiger partial charge on any atom is -0.404 e. The summed E-state index contributed by atoms with van der Waals surface area (Å²) in [4.78, 5) is 4.37. The molecule has 0 aromatic heterocycles. The maximum atomic E-state index is 9.98. The fraction of sp³-hybridized carbons (Fsp3) is 0.333. The molecule has 1 aromatic carbocycles. The quantitative estimate of drug-likeness (QED) is 0.844. The van der Waals surface area contributed by atoms with Gasteiger partial charge in [0.05, 0.1) is 23.8 Å². The first-order chi connectivity index (χ1) is 8.96. The van der Waals surface area contributed by atoms with Gasteiger partial charge in [-0.25, -0.2) is 0 Å². The topological polar surface area (TPSA) is 82.4 Å². The average molecular weight is 255 g/mol. The number of hydrogen-bond donors (Lipinski definition) is 2. The summed E-state index contributed by atoms with van der Waals surface area (Å²) in [6.07, 6.45) is 2.02. The summed E-state index contributed by atoms with van der Waals surface area (Å²) in [7, 11) is 0. The molecule has 0 radical (unpaired) electrons. The monoisotopic (exact) mass is 255 g/mol. The zero-order valence-electron chi connectivity index (χ0n) is 11.1. The third-order valence-electron chi connectivity index (χ3n) is 3.28. The number of aryl methyl sites for hydroxylation is 1. The number of nitriles is 1. The van der Waals surface area contributed by atoms with E-state index in [0.29, 0.717) is 18.5 Å². The van der Waals surface area contributed by atoms with Crippen molar-refractivity contribution in [2.75, 3.05) is 6.54 Å². The second kappa shape index (κ2) is 4.87. The van der Waals surface area contributed by atoms with Crippen molar-refractivity contribution in [2.45, 2.75) is 25.9 Å². The molecule has 3 N–H and O–H groups in total. The Bertz CT molecular complexity index is 606. The molecule has 4 nitrogen and oxygen atoms in total. The molecular weight excluding hydrogens is 238 g/mol. The molecule has 2 rings (SSSR count). The smallest absolute Gasteiger partial charge is 0.0991 e. The second-order valence-electron chi connectivity index (χ2n) is 5.16. The summed E-state index contributed by atoms with van der Waals surface area (Å²) in [6, 6.07) is 7.58. The lowest BCUT2D eigenvalue weighted by Crippen LogP contribution is -2.25. The summed E-state index contributed by atoms with van der Waals surface area (Å²) in [6.45, 7) is 4.10. The van der Waals surface area contributed by atoms with E-state index in [1.165, 1.54) is 6.20 Å². The summed E-state index contributed by atoms with van der Waals surface area (Å²) in [5.41, 5.74) is 9.14. The number of rotatable bonds is 2. The van der Waals surface area contributed by atoms with Crippen LogP contribution in [0.3, 0.4) is 0 Å². The van der Waals surface area contributed by atoms with Gasteiger partial charge < -0.3 is 10.8 Å². The number of hydrogen-bond acceptors (Lipinski definition) is 4. The molecule has 1 unspecified atom stereocenters. The van der Waals surface area contributed by atoms with E-state index in [9.17, 15) is 5.11 Å². The van der Waals surface area contributed by atoms with Crippen molar-refractivity contribution in [3.8, 4) is 6.07 Å². The van der Waals surface area contributed by atoms with Crippen molar-refractivity contribution in [3.63, 3.8) is 0 Å². The van der Waals surface area contributed by atoms with E-state index in [1.807, 2.05) is 19.1 Å². The highest BCUT2D eigenvalue weighted by Crippen LogP contribution is 2.28. The molecule has 0 aliphatic carbocycles. The molecule has 19 heavy (non-hydrogen) atoms. The van der Waals surface area contributed by atoms with Gasteiger partial charge in [0.1, 0.15) is 0 Å². The molecule has 1 heterocycles. The molecular formula is C15H17N3O. The number of aliphatic hydroxyl groups is 1. The first-order valence-corrected chi connectivity index (χ1v) is 6.16. The first kappa shape index (κ1) is 13.3. The SMILES string of the molecule is Cc1cc(C#N)ccc1C(=CN)C1=NCC(C)(O)C1. The number of allylic oxidation sites excluding steroid dienone is 1. The Hall–Kier alpha value is -2.12. The van der Waals surface area contributed by atoms with Crippen LogP contribution in [0.15, 0.2) is 29.4 Å². The van der Waals surface area contributed by atoms with Crippen molar-refractivity contribution in [3.05, 3.63) is 41.1 Å². The minimum atomic E-state index is -0.788. The van der Waals surface area contributed by atoms with Crippen LogP contribution in [0.1, 0.15) is 30.0 Å². The third kappa shape index (κ3) is 2.67. The normalized spacial score (nSPS) is 23.1. The molecule has 1 aliphatic rings. The zero-order chi connectivity index (χ0) is 14.0. The van der Waals surface area contributed by atoms with Crippen LogP contribution in [-0.4, -0.2) is 23.0 Å². The number of aliphatic imine (C=N–C) groups is 1. The maximum absolute atomic E-state index is 9.98. The van der Waals surface area contributed by atoms with Crippen LogP contribution >= 0.6 is 0 Å². The lowest BCUT2D eigenvalue weighted by molar-refractivity contribution is 0.0861. The van der Waals surface area contributed by atoms with Gasteiger partial charge in [-0.3, -0.25) is 4.99 Å². The summed E-state index contributed by atoms with van der Waals surface area (Å²) < 4.78 is 0. The van der Waals surface area contributed by atoms with E-state index in [1.54, 1.807) is 13.0 Å². The van der Waals surface area contributed by atoms with Gasteiger partial charge in [-0.05, 0) is 37.1 Å². The van der Waals surface area contributed by atoms with Gasteiger partial charge in [0, 0.05) is 23.9 Å². The second-order valence-corrected chi connectivity index (χ2v) is 5.16. The van der Waals surface area contributed by atoms with Crippen LogP contribution in [0.25, 0.3) is 5.57 Å². The van der Waals surface area contributed by atoms with Crippen molar-refractivity contribution in [1.82, 2.24) is 0 Å². The van der Waals surface area contributed by atoms with Crippen LogP contribution in [-0.2, 0) is 0 Å². The van der Waals surface area contributed by atoms with Gasteiger partial charge in [0.25, 0.3) is 0 Å². The molecule has 1 aliphatic heterocycles. The van der Waals surface area contributed by atoms with Gasteiger partial charge in [0.15, 0.2) is 0 Å². The zero-order valence-corrected chi connectivity index (χ0v) is 11.1. The van der Waals surface area contributed by atoms with Crippen molar-refractivity contribution < 1.29 is 5.11 Å². The standard InChI is InChI=1S/C15H17N3O/c1-10-5-11(7-16)3-4-12(10)13(8-17)14-6-15(2,19)9-18-14/h3-5,8,19H,6,9,17H2,1-2H3. The minimum absolute atomic E-state index is 0.398. The fourth-order valence-electron chi connectivity index (χ4n) is 2.30. The molecule has 1 atom stereocenters. The highest BCUT2D eigenvalue weighted by Gasteiger charge is 2.30. The van der Waals surface area contributed by atoms with Crippen molar-refractivity contribution in [2.24, 2.45) is 10.7 Å². The van der Waals surface area contributed by atoms with E-state index in [4.69, 9.17) is 11.0 Å². The molecule has 0 saturated heterocycles. The van der Waals surface area contributed by atoms with E-state index in [0.717, 1.165) is 22.4 Å². The molecule has 0 amide bonds. The van der Waals surface area contributed by atoms with E-state index < -0.39 is 5.60 Å². The van der Waals surface area contributed by atoms with E-state index in [2.05, 4.69) is 11.1 Å².